The number of anilines is 1. The molecule has 1 fully saturated rings. The average molecular weight is 268 g/mol. The van der Waals surface area contributed by atoms with Crippen LogP contribution >= 0.6 is 0 Å². The minimum atomic E-state index is -3.28. The second-order valence-corrected chi connectivity index (χ2v) is 6.69. The van der Waals surface area contributed by atoms with Crippen LogP contribution in [0.4, 0.5) is 5.69 Å². The van der Waals surface area contributed by atoms with Gasteiger partial charge in [0.1, 0.15) is 0 Å². The van der Waals surface area contributed by atoms with E-state index in [0.29, 0.717) is 13.0 Å². The van der Waals surface area contributed by atoms with Crippen LogP contribution in [0.15, 0.2) is 18.2 Å². The Morgan fingerprint density at radius 2 is 2.22 bits per heavy atom. The fraction of sp³-hybridized carbons (Fsp3) is 0.538. The molecule has 1 atom stereocenters. The van der Waals surface area contributed by atoms with Crippen molar-refractivity contribution in [3.8, 4) is 0 Å². The Morgan fingerprint density at radius 3 is 2.83 bits per heavy atom. The molecule has 18 heavy (non-hydrogen) atoms. The maximum absolute atomic E-state index is 12.3. The summed E-state index contributed by atoms with van der Waals surface area (Å²) in [7, 11) is -3.28. The Labute approximate surface area is 109 Å². The fourth-order valence-corrected chi connectivity index (χ4v) is 3.80. The second-order valence-electron chi connectivity index (χ2n) is 4.72. The number of nitrogens with one attached hydrogen (secondary N) is 2. The van der Waals surface area contributed by atoms with Gasteiger partial charge in [-0.3, -0.25) is 4.72 Å². The molecule has 100 valence electrons. The highest BCUT2D eigenvalue weighted by atomic mass is 32.2. The van der Waals surface area contributed by atoms with Crippen LogP contribution in [0.5, 0.6) is 0 Å². The first kappa shape index (κ1) is 13.4. The van der Waals surface area contributed by atoms with Crippen molar-refractivity contribution >= 4 is 15.7 Å². The molecule has 0 bridgehead atoms. The van der Waals surface area contributed by atoms with Gasteiger partial charge in [-0.05, 0) is 37.4 Å². The lowest BCUT2D eigenvalue weighted by atomic mass is 10.1. The summed E-state index contributed by atoms with van der Waals surface area (Å²) in [6, 6.07) is 5.87. The van der Waals surface area contributed by atoms with Crippen LogP contribution in [0.3, 0.4) is 0 Å². The predicted molar refractivity (Wildman–Crippen MR) is 74.4 cm³/mol. The maximum atomic E-state index is 12.3. The molecular weight excluding hydrogens is 248 g/mol. The van der Waals surface area contributed by atoms with E-state index in [0.717, 1.165) is 29.8 Å². The zero-order valence-electron chi connectivity index (χ0n) is 10.9. The lowest BCUT2D eigenvalue weighted by Gasteiger charge is -2.17. The highest BCUT2D eigenvalue weighted by Gasteiger charge is 2.29. The van der Waals surface area contributed by atoms with Gasteiger partial charge in [-0.1, -0.05) is 25.1 Å². The van der Waals surface area contributed by atoms with E-state index in [1.807, 2.05) is 32.0 Å². The SMILES string of the molecule is CCc1cccc(C)c1NS(=O)(=O)C1CCNC1. The van der Waals surface area contributed by atoms with Crippen LogP contribution < -0.4 is 10.0 Å². The number of sulfonamides is 1. The van der Waals surface area contributed by atoms with Gasteiger partial charge in [0.2, 0.25) is 10.0 Å². The van der Waals surface area contributed by atoms with E-state index in [1.165, 1.54) is 0 Å². The first-order chi connectivity index (χ1) is 8.54. The Bertz CT molecular complexity index is 520. The van der Waals surface area contributed by atoms with Crippen molar-refractivity contribution in [2.75, 3.05) is 17.8 Å². The Morgan fingerprint density at radius 1 is 1.44 bits per heavy atom. The standard InChI is InChI=1S/C13H20N2O2S/c1-3-11-6-4-5-10(2)13(11)15-18(16,17)12-7-8-14-9-12/h4-6,12,14-15H,3,7-9H2,1-2H3. The lowest BCUT2D eigenvalue weighted by Crippen LogP contribution is -2.30. The second kappa shape index (κ2) is 5.28. The van der Waals surface area contributed by atoms with Crippen LogP contribution in [0.1, 0.15) is 24.5 Å². The Hall–Kier alpha value is -1.07. The van der Waals surface area contributed by atoms with E-state index in [1.54, 1.807) is 0 Å². The molecule has 4 nitrogen and oxygen atoms in total. The van der Waals surface area contributed by atoms with Crippen LogP contribution in [0.2, 0.25) is 0 Å². The molecule has 1 aromatic rings. The third kappa shape index (κ3) is 2.67. The summed E-state index contributed by atoms with van der Waals surface area (Å²) in [6.45, 7) is 5.29. The number of para-hydroxylation sites is 1. The van der Waals surface area contributed by atoms with Crippen molar-refractivity contribution in [1.29, 1.82) is 0 Å². The van der Waals surface area contributed by atoms with Gasteiger partial charge in [-0.25, -0.2) is 8.42 Å². The summed E-state index contributed by atoms with van der Waals surface area (Å²) >= 11 is 0. The van der Waals surface area contributed by atoms with E-state index >= 15 is 0 Å². The lowest BCUT2D eigenvalue weighted by molar-refractivity contribution is 0.588. The Balaban J connectivity index is 2.28. The average Bonchev–Trinajstić information content (AvgIpc) is 2.86. The normalized spacial score (nSPS) is 20.0. The zero-order valence-corrected chi connectivity index (χ0v) is 11.7. The van der Waals surface area contributed by atoms with Crippen molar-refractivity contribution in [3.63, 3.8) is 0 Å². The highest BCUT2D eigenvalue weighted by Crippen LogP contribution is 2.24. The van der Waals surface area contributed by atoms with Gasteiger partial charge in [-0.2, -0.15) is 0 Å². The quantitative estimate of drug-likeness (QED) is 0.873. The van der Waals surface area contributed by atoms with E-state index in [9.17, 15) is 8.42 Å². The molecule has 0 aliphatic carbocycles. The van der Waals surface area contributed by atoms with E-state index in [-0.39, 0.29) is 5.25 Å². The van der Waals surface area contributed by atoms with Crippen molar-refractivity contribution in [2.45, 2.75) is 31.9 Å². The third-order valence-corrected chi connectivity index (χ3v) is 5.21. The molecule has 1 aromatic carbocycles. The highest BCUT2D eigenvalue weighted by molar-refractivity contribution is 7.93. The van der Waals surface area contributed by atoms with Gasteiger partial charge in [0.25, 0.3) is 0 Å². The van der Waals surface area contributed by atoms with E-state index in [4.69, 9.17) is 0 Å². The zero-order chi connectivity index (χ0) is 13.2. The molecular formula is C13H20N2O2S. The molecule has 5 heteroatoms. The number of hydrogen-bond acceptors (Lipinski definition) is 3. The van der Waals surface area contributed by atoms with Gasteiger partial charge in [-0.15, -0.1) is 0 Å². The smallest absolute Gasteiger partial charge is 0.236 e. The maximum Gasteiger partial charge on any atom is 0.236 e. The molecule has 1 unspecified atom stereocenters. The summed E-state index contributed by atoms with van der Waals surface area (Å²) in [4.78, 5) is 0. The van der Waals surface area contributed by atoms with Crippen LogP contribution in [0.25, 0.3) is 0 Å². The number of hydrogen-bond donors (Lipinski definition) is 2. The van der Waals surface area contributed by atoms with Gasteiger partial charge >= 0.3 is 0 Å². The molecule has 1 aliphatic heterocycles. The minimum Gasteiger partial charge on any atom is -0.315 e. The molecule has 0 radical (unpaired) electrons. The fourth-order valence-electron chi connectivity index (χ4n) is 2.29. The molecule has 1 heterocycles. The monoisotopic (exact) mass is 268 g/mol. The van der Waals surface area contributed by atoms with E-state index < -0.39 is 10.0 Å². The summed E-state index contributed by atoms with van der Waals surface area (Å²) in [6.07, 6.45) is 1.51. The van der Waals surface area contributed by atoms with Gasteiger partial charge in [0, 0.05) is 6.54 Å². The summed E-state index contributed by atoms with van der Waals surface area (Å²) in [5.41, 5.74) is 2.78. The van der Waals surface area contributed by atoms with Crippen LogP contribution in [-0.2, 0) is 16.4 Å². The molecule has 2 rings (SSSR count). The Kier molecular flexibility index (Phi) is 3.92. The summed E-state index contributed by atoms with van der Waals surface area (Å²) in [5, 5.41) is 2.77. The van der Waals surface area contributed by atoms with Gasteiger partial charge < -0.3 is 5.32 Å². The predicted octanol–water partition coefficient (Wildman–Crippen LogP) is 1.66. The largest absolute Gasteiger partial charge is 0.315 e. The first-order valence-electron chi connectivity index (χ1n) is 6.35. The van der Waals surface area contributed by atoms with Gasteiger partial charge in [0.05, 0.1) is 10.9 Å². The molecule has 2 N–H and O–H groups in total. The molecule has 0 amide bonds. The van der Waals surface area contributed by atoms with Crippen LogP contribution in [0, 0.1) is 6.92 Å². The molecule has 0 spiro atoms. The summed E-state index contributed by atoms with van der Waals surface area (Å²) < 4.78 is 27.3. The molecule has 0 saturated carbocycles. The number of benzene rings is 1. The number of aryl methyl sites for hydroxylation is 2. The first-order valence-corrected chi connectivity index (χ1v) is 7.90. The minimum absolute atomic E-state index is 0.318. The van der Waals surface area contributed by atoms with Crippen LogP contribution in [-0.4, -0.2) is 26.8 Å². The molecule has 1 saturated heterocycles. The molecule has 0 aromatic heterocycles. The molecule has 1 aliphatic rings. The van der Waals surface area contributed by atoms with Crippen molar-refractivity contribution in [3.05, 3.63) is 29.3 Å². The van der Waals surface area contributed by atoms with Crippen molar-refractivity contribution < 1.29 is 8.42 Å². The van der Waals surface area contributed by atoms with Gasteiger partial charge in [0.15, 0.2) is 0 Å². The van der Waals surface area contributed by atoms with Crippen molar-refractivity contribution in [1.82, 2.24) is 5.32 Å². The third-order valence-electron chi connectivity index (χ3n) is 3.44. The summed E-state index contributed by atoms with van der Waals surface area (Å²) in [5.74, 6) is 0. The van der Waals surface area contributed by atoms with Crippen molar-refractivity contribution in [2.24, 2.45) is 0 Å². The number of rotatable bonds is 4. The van der Waals surface area contributed by atoms with E-state index in [2.05, 4.69) is 10.0 Å². The topological polar surface area (TPSA) is 58.2 Å².